The van der Waals surface area contributed by atoms with Crippen LogP contribution < -0.4 is 10.2 Å². The summed E-state index contributed by atoms with van der Waals surface area (Å²) in [6, 6.07) is 4.78. The fraction of sp³-hybridized carbons (Fsp3) is 0.467. The molecular weight excluding hydrogens is 270 g/mol. The van der Waals surface area contributed by atoms with Gasteiger partial charge in [0.2, 0.25) is 0 Å². The zero-order valence-electron chi connectivity index (χ0n) is 12.4. The van der Waals surface area contributed by atoms with Crippen LogP contribution in [0.1, 0.15) is 22.8 Å². The van der Waals surface area contributed by atoms with Crippen LogP contribution in [0.25, 0.3) is 0 Å². The molecule has 1 aromatic rings. The van der Waals surface area contributed by atoms with Gasteiger partial charge in [-0.25, -0.2) is 9.59 Å². The molecule has 2 amide bonds. The second kappa shape index (κ2) is 6.58. The first-order chi connectivity index (χ1) is 10.0. The van der Waals surface area contributed by atoms with E-state index in [4.69, 9.17) is 5.11 Å². The van der Waals surface area contributed by atoms with Crippen LogP contribution in [0.2, 0.25) is 0 Å². The zero-order valence-corrected chi connectivity index (χ0v) is 12.4. The van der Waals surface area contributed by atoms with Gasteiger partial charge in [0.05, 0.1) is 5.56 Å². The molecule has 0 bridgehead atoms. The highest BCUT2D eigenvalue weighted by molar-refractivity contribution is 5.96. The fourth-order valence-electron chi connectivity index (χ4n) is 2.33. The number of amides is 2. The van der Waals surface area contributed by atoms with Gasteiger partial charge in [-0.05, 0) is 37.7 Å². The van der Waals surface area contributed by atoms with Crippen LogP contribution in [-0.4, -0.2) is 55.2 Å². The molecule has 114 valence electrons. The highest BCUT2D eigenvalue weighted by Gasteiger charge is 2.25. The first kappa shape index (κ1) is 15.3. The summed E-state index contributed by atoms with van der Waals surface area (Å²) >= 11 is 0. The number of nitrogens with one attached hydrogen (secondary N) is 1. The molecule has 0 atom stereocenters. The van der Waals surface area contributed by atoms with Gasteiger partial charge in [-0.2, -0.15) is 0 Å². The summed E-state index contributed by atoms with van der Waals surface area (Å²) in [5, 5.41) is 11.9. The van der Waals surface area contributed by atoms with Crippen molar-refractivity contribution < 1.29 is 14.7 Å². The third-order valence-corrected chi connectivity index (χ3v) is 3.78. The fourth-order valence-corrected chi connectivity index (χ4v) is 2.33. The average molecular weight is 291 g/mol. The van der Waals surface area contributed by atoms with Gasteiger partial charge < -0.3 is 15.3 Å². The van der Waals surface area contributed by atoms with E-state index in [0.29, 0.717) is 18.8 Å². The van der Waals surface area contributed by atoms with Crippen LogP contribution in [0, 0.1) is 0 Å². The lowest BCUT2D eigenvalue weighted by Gasteiger charge is -2.20. The van der Waals surface area contributed by atoms with Crippen molar-refractivity contribution in [1.29, 1.82) is 0 Å². The van der Waals surface area contributed by atoms with E-state index in [1.54, 1.807) is 23.1 Å². The van der Waals surface area contributed by atoms with Crippen molar-refractivity contribution in [3.63, 3.8) is 0 Å². The maximum atomic E-state index is 12.2. The zero-order chi connectivity index (χ0) is 15.4. The molecule has 0 spiro atoms. The van der Waals surface area contributed by atoms with Crippen molar-refractivity contribution in [2.45, 2.75) is 13.3 Å². The Morgan fingerprint density at radius 2 is 2.19 bits per heavy atom. The second-order valence-electron chi connectivity index (χ2n) is 5.18. The molecule has 0 aliphatic carbocycles. The Hall–Kier alpha value is -2.08. The van der Waals surface area contributed by atoms with E-state index >= 15 is 0 Å². The molecule has 0 saturated heterocycles. The van der Waals surface area contributed by atoms with E-state index in [0.717, 1.165) is 25.1 Å². The number of carboxylic acids is 1. The molecular formula is C15H21N3O3. The van der Waals surface area contributed by atoms with Crippen LogP contribution >= 0.6 is 0 Å². The molecule has 1 aliphatic rings. The Balaban J connectivity index is 2.02. The summed E-state index contributed by atoms with van der Waals surface area (Å²) in [6.45, 7) is 4.95. The Morgan fingerprint density at radius 3 is 2.86 bits per heavy atom. The van der Waals surface area contributed by atoms with E-state index < -0.39 is 5.97 Å². The molecule has 0 fully saturated rings. The SMILES string of the molecule is CCN(C)CCNC(=O)N1CCc2ccc(C(=O)O)cc21. The third kappa shape index (κ3) is 3.52. The molecule has 0 aromatic heterocycles. The number of carbonyl (C=O) groups excluding carboxylic acids is 1. The summed E-state index contributed by atoms with van der Waals surface area (Å²) in [5.74, 6) is -0.977. The summed E-state index contributed by atoms with van der Waals surface area (Å²) in [7, 11) is 2.00. The molecule has 1 aromatic carbocycles. The Morgan fingerprint density at radius 1 is 1.43 bits per heavy atom. The molecule has 6 nitrogen and oxygen atoms in total. The normalized spacial score (nSPS) is 13.4. The van der Waals surface area contributed by atoms with E-state index in [2.05, 4.69) is 17.1 Å². The number of carboxylic acid groups (broad SMARTS) is 1. The largest absolute Gasteiger partial charge is 0.478 e. The number of nitrogens with zero attached hydrogens (tertiary/aromatic N) is 2. The standard InChI is InChI=1S/C15H21N3O3/c1-3-17(2)9-7-16-15(21)18-8-6-11-4-5-12(14(19)20)10-13(11)18/h4-5,10H,3,6-9H2,1-2H3,(H,16,21)(H,19,20). The Bertz CT molecular complexity index is 545. The minimum Gasteiger partial charge on any atom is -0.478 e. The lowest BCUT2D eigenvalue weighted by atomic mass is 10.1. The van der Waals surface area contributed by atoms with Crippen molar-refractivity contribution >= 4 is 17.7 Å². The van der Waals surface area contributed by atoms with Crippen LogP contribution in [-0.2, 0) is 6.42 Å². The van der Waals surface area contributed by atoms with E-state index in [1.165, 1.54) is 0 Å². The summed E-state index contributed by atoms with van der Waals surface area (Å²) in [4.78, 5) is 27.0. The Labute approximate surface area is 124 Å². The minimum absolute atomic E-state index is 0.166. The number of hydrogen-bond donors (Lipinski definition) is 2. The average Bonchev–Trinajstić information content (AvgIpc) is 2.89. The quantitative estimate of drug-likeness (QED) is 0.860. The molecule has 1 heterocycles. The van der Waals surface area contributed by atoms with E-state index in [-0.39, 0.29) is 11.6 Å². The van der Waals surface area contributed by atoms with Gasteiger partial charge in [0.25, 0.3) is 0 Å². The highest BCUT2D eigenvalue weighted by atomic mass is 16.4. The van der Waals surface area contributed by atoms with Crippen molar-refractivity contribution in [3.05, 3.63) is 29.3 Å². The van der Waals surface area contributed by atoms with Crippen molar-refractivity contribution in [1.82, 2.24) is 10.2 Å². The number of likely N-dealkylation sites (N-methyl/N-ethyl adjacent to an activating group) is 1. The lowest BCUT2D eigenvalue weighted by Crippen LogP contribution is -2.42. The molecule has 0 radical (unpaired) electrons. The van der Waals surface area contributed by atoms with Crippen molar-refractivity contribution in [2.24, 2.45) is 0 Å². The molecule has 21 heavy (non-hydrogen) atoms. The van der Waals surface area contributed by atoms with Crippen LogP contribution in [0.4, 0.5) is 10.5 Å². The summed E-state index contributed by atoms with van der Waals surface area (Å²) < 4.78 is 0. The monoisotopic (exact) mass is 291 g/mol. The minimum atomic E-state index is -0.977. The Kier molecular flexibility index (Phi) is 4.80. The van der Waals surface area contributed by atoms with Gasteiger partial charge >= 0.3 is 12.0 Å². The number of fused-ring (bicyclic) bond motifs is 1. The number of carbonyl (C=O) groups is 2. The highest BCUT2D eigenvalue weighted by Crippen LogP contribution is 2.29. The molecule has 2 N–H and O–H groups in total. The van der Waals surface area contributed by atoms with Gasteiger partial charge in [-0.3, -0.25) is 4.90 Å². The number of aromatic carboxylic acids is 1. The van der Waals surface area contributed by atoms with Crippen LogP contribution in [0.15, 0.2) is 18.2 Å². The predicted octanol–water partition coefficient (Wildman–Crippen LogP) is 1.41. The molecule has 2 rings (SSSR count). The van der Waals surface area contributed by atoms with Crippen molar-refractivity contribution in [3.8, 4) is 0 Å². The number of rotatable bonds is 5. The van der Waals surface area contributed by atoms with E-state index in [1.807, 2.05) is 7.05 Å². The first-order valence-electron chi connectivity index (χ1n) is 7.13. The van der Waals surface area contributed by atoms with E-state index in [9.17, 15) is 9.59 Å². The number of anilines is 1. The smallest absolute Gasteiger partial charge is 0.335 e. The molecule has 0 unspecified atom stereocenters. The first-order valence-corrected chi connectivity index (χ1v) is 7.13. The van der Waals surface area contributed by atoms with Crippen LogP contribution in [0.5, 0.6) is 0 Å². The van der Waals surface area contributed by atoms with Gasteiger partial charge in [-0.1, -0.05) is 13.0 Å². The van der Waals surface area contributed by atoms with Gasteiger partial charge in [0, 0.05) is 25.3 Å². The van der Waals surface area contributed by atoms with Crippen LogP contribution in [0.3, 0.4) is 0 Å². The lowest BCUT2D eigenvalue weighted by molar-refractivity contribution is 0.0697. The molecule has 1 aliphatic heterocycles. The second-order valence-corrected chi connectivity index (χ2v) is 5.18. The van der Waals surface area contributed by atoms with Crippen molar-refractivity contribution in [2.75, 3.05) is 38.1 Å². The maximum absolute atomic E-state index is 12.2. The topological polar surface area (TPSA) is 72.9 Å². The predicted molar refractivity (Wildman–Crippen MR) is 81.0 cm³/mol. The molecule has 0 saturated carbocycles. The summed E-state index contributed by atoms with van der Waals surface area (Å²) in [6.07, 6.45) is 0.761. The van der Waals surface area contributed by atoms with Gasteiger partial charge in [0.1, 0.15) is 0 Å². The third-order valence-electron chi connectivity index (χ3n) is 3.78. The van der Waals surface area contributed by atoms with Gasteiger partial charge in [0.15, 0.2) is 0 Å². The molecule has 6 heteroatoms. The van der Waals surface area contributed by atoms with Gasteiger partial charge in [-0.15, -0.1) is 0 Å². The maximum Gasteiger partial charge on any atom is 0.335 e. The summed E-state index contributed by atoms with van der Waals surface area (Å²) in [5.41, 5.74) is 1.93. The number of benzene rings is 1. The number of hydrogen-bond acceptors (Lipinski definition) is 3. The number of urea groups is 1.